The van der Waals surface area contributed by atoms with Crippen molar-refractivity contribution in [1.82, 2.24) is 4.90 Å². The van der Waals surface area contributed by atoms with Crippen molar-refractivity contribution >= 4 is 5.91 Å². The number of hydrogen-bond acceptors (Lipinski definition) is 2. The predicted molar refractivity (Wildman–Crippen MR) is 120 cm³/mol. The van der Waals surface area contributed by atoms with E-state index in [9.17, 15) is 23.1 Å². The average molecular weight is 462 g/mol. The van der Waals surface area contributed by atoms with Crippen molar-refractivity contribution in [3.63, 3.8) is 0 Å². The molecule has 0 bridgehead atoms. The number of carbonyl (C=O) groups is 1. The van der Waals surface area contributed by atoms with Crippen LogP contribution in [-0.4, -0.2) is 35.1 Å². The van der Waals surface area contributed by atoms with Crippen LogP contribution in [-0.2, 0) is 17.4 Å². The summed E-state index contributed by atoms with van der Waals surface area (Å²) in [4.78, 5) is 14.5. The second kappa shape index (κ2) is 7.59. The number of nitrogens with zero attached hydrogens (tertiary/aromatic N) is 1. The fourth-order valence-corrected chi connectivity index (χ4v) is 8.48. The summed E-state index contributed by atoms with van der Waals surface area (Å²) in [5.41, 5.74) is -0.646. The number of hydrogen-bond donors (Lipinski definition) is 1. The fraction of sp³-hybridized carbons (Fsp3) is 0.667. The number of alkyl halides is 3. The molecule has 3 aliphatic carbocycles. The third-order valence-electron chi connectivity index (χ3n) is 10.00. The average Bonchev–Trinajstić information content (AvgIpc) is 3.05. The van der Waals surface area contributed by atoms with E-state index in [1.54, 1.807) is 23.1 Å². The molecule has 3 saturated carbocycles. The van der Waals surface area contributed by atoms with Crippen LogP contribution >= 0.6 is 0 Å². The second-order valence-electron chi connectivity index (χ2n) is 11.5. The van der Waals surface area contributed by atoms with E-state index in [0.29, 0.717) is 29.7 Å². The smallest absolute Gasteiger partial charge is 0.393 e. The highest BCUT2D eigenvalue weighted by Crippen LogP contribution is 2.65. The third kappa shape index (κ3) is 3.38. The molecule has 1 aliphatic heterocycles. The van der Waals surface area contributed by atoms with Crippen molar-refractivity contribution < 1.29 is 23.1 Å². The quantitative estimate of drug-likeness (QED) is 0.634. The van der Waals surface area contributed by atoms with Crippen LogP contribution in [0.3, 0.4) is 0 Å². The van der Waals surface area contributed by atoms with Gasteiger partial charge < -0.3 is 10.0 Å². The molecule has 0 spiro atoms. The first kappa shape index (κ1) is 22.9. The number of fused-ring (bicyclic) bond motifs is 5. The lowest BCUT2D eigenvalue weighted by molar-refractivity contribution is -0.149. The maximum Gasteiger partial charge on any atom is 0.416 e. The molecule has 33 heavy (non-hydrogen) atoms. The summed E-state index contributed by atoms with van der Waals surface area (Å²) in [6.45, 7) is 4.42. The van der Waals surface area contributed by atoms with Gasteiger partial charge in [0.15, 0.2) is 0 Å². The van der Waals surface area contributed by atoms with E-state index < -0.39 is 11.7 Å². The minimum atomic E-state index is -4.40. The summed E-state index contributed by atoms with van der Waals surface area (Å²) in [7, 11) is 1.81. The number of likely N-dealkylation sites (N-methyl/N-ethyl adjacent to an activating group) is 1. The summed E-state index contributed by atoms with van der Waals surface area (Å²) >= 11 is 0. The molecule has 4 aliphatic rings. The number of rotatable bonds is 2. The Morgan fingerprint density at radius 3 is 2.58 bits per heavy atom. The molecule has 3 unspecified atom stereocenters. The van der Waals surface area contributed by atoms with Crippen LogP contribution in [0.2, 0.25) is 0 Å². The van der Waals surface area contributed by atoms with Gasteiger partial charge in [-0.3, -0.25) is 4.79 Å². The van der Waals surface area contributed by atoms with Gasteiger partial charge in [-0.25, -0.2) is 0 Å². The van der Waals surface area contributed by atoms with Crippen molar-refractivity contribution in [2.75, 3.05) is 7.05 Å². The van der Waals surface area contributed by atoms with Crippen LogP contribution in [0.15, 0.2) is 36.4 Å². The third-order valence-corrected chi connectivity index (χ3v) is 10.00. The van der Waals surface area contributed by atoms with Crippen molar-refractivity contribution in [2.45, 2.75) is 70.7 Å². The van der Waals surface area contributed by atoms with E-state index in [4.69, 9.17) is 0 Å². The van der Waals surface area contributed by atoms with Gasteiger partial charge in [-0.2, -0.15) is 13.2 Å². The summed E-state index contributed by atoms with van der Waals surface area (Å²) in [6, 6.07) is 5.75. The SMILES string of the molecule is CN1C(=O)C=C[C@@]2(C)C1C(Cc1ccccc1C(F)(F)F)C[C@@H]1[C@H]2CC[C@]2(C)C(O)CC[C@@H]12. The van der Waals surface area contributed by atoms with Gasteiger partial charge in [-0.15, -0.1) is 0 Å². The van der Waals surface area contributed by atoms with E-state index in [0.717, 1.165) is 32.1 Å². The van der Waals surface area contributed by atoms with E-state index >= 15 is 0 Å². The van der Waals surface area contributed by atoms with Crippen LogP contribution in [0.5, 0.6) is 0 Å². The zero-order valence-corrected chi connectivity index (χ0v) is 19.6. The first-order valence-corrected chi connectivity index (χ1v) is 12.3. The van der Waals surface area contributed by atoms with Crippen molar-refractivity contribution in [2.24, 2.45) is 34.5 Å². The van der Waals surface area contributed by atoms with Crippen LogP contribution < -0.4 is 0 Å². The Bertz CT molecular complexity index is 974. The van der Waals surface area contributed by atoms with E-state index in [1.807, 2.05) is 7.05 Å². The van der Waals surface area contributed by atoms with Gasteiger partial charge in [0.25, 0.3) is 0 Å². The summed E-state index contributed by atoms with van der Waals surface area (Å²) in [5, 5.41) is 10.8. The van der Waals surface area contributed by atoms with Crippen molar-refractivity contribution in [3.05, 3.63) is 47.5 Å². The minimum absolute atomic E-state index is 0.0676. The molecule has 1 aromatic carbocycles. The van der Waals surface area contributed by atoms with Gasteiger partial charge in [-0.1, -0.05) is 38.1 Å². The van der Waals surface area contributed by atoms with Crippen LogP contribution in [0.1, 0.15) is 57.1 Å². The Hall–Kier alpha value is -1.82. The van der Waals surface area contributed by atoms with Crippen molar-refractivity contribution in [1.29, 1.82) is 0 Å². The molecular weight excluding hydrogens is 427 g/mol. The zero-order valence-electron chi connectivity index (χ0n) is 19.6. The molecule has 180 valence electrons. The molecule has 1 heterocycles. The largest absolute Gasteiger partial charge is 0.416 e. The predicted octanol–water partition coefficient (Wildman–Crippen LogP) is 5.47. The van der Waals surface area contributed by atoms with E-state index in [2.05, 4.69) is 19.9 Å². The molecule has 3 fully saturated rings. The number of halogens is 3. The Morgan fingerprint density at radius 2 is 1.85 bits per heavy atom. The first-order chi connectivity index (χ1) is 15.5. The normalized spacial score (nSPS) is 42.6. The van der Waals surface area contributed by atoms with Gasteiger partial charge in [0.2, 0.25) is 5.91 Å². The Labute approximate surface area is 194 Å². The number of carbonyl (C=O) groups excluding carboxylic acids is 1. The van der Waals surface area contributed by atoms with Gasteiger partial charge in [0.05, 0.1) is 11.7 Å². The molecule has 8 atom stereocenters. The molecule has 3 nitrogen and oxygen atoms in total. The van der Waals surface area contributed by atoms with E-state index in [-0.39, 0.29) is 34.8 Å². The lowest BCUT2D eigenvalue weighted by atomic mass is 9.46. The molecule has 0 saturated heterocycles. The highest BCUT2D eigenvalue weighted by atomic mass is 19.4. The Balaban J connectivity index is 1.57. The molecule has 0 radical (unpaired) electrons. The van der Waals surface area contributed by atoms with E-state index in [1.165, 1.54) is 12.1 Å². The Kier molecular flexibility index (Phi) is 5.28. The monoisotopic (exact) mass is 461 g/mol. The maximum atomic E-state index is 13.8. The number of benzene rings is 1. The van der Waals surface area contributed by atoms with Gasteiger partial charge in [0, 0.05) is 18.5 Å². The van der Waals surface area contributed by atoms with Crippen LogP contribution in [0, 0.1) is 34.5 Å². The highest BCUT2D eigenvalue weighted by molar-refractivity contribution is 5.89. The maximum absolute atomic E-state index is 13.8. The lowest BCUT2D eigenvalue weighted by Crippen LogP contribution is -2.63. The molecule has 0 aromatic heterocycles. The lowest BCUT2D eigenvalue weighted by Gasteiger charge is -2.62. The molecule has 1 N–H and O–H groups in total. The van der Waals surface area contributed by atoms with Crippen LogP contribution in [0.25, 0.3) is 0 Å². The number of aliphatic hydroxyl groups is 1. The molecule has 1 amide bonds. The summed E-state index contributed by atoms with van der Waals surface area (Å²) in [6.07, 6.45) is 3.87. The van der Waals surface area contributed by atoms with Gasteiger partial charge in [-0.05, 0) is 85.3 Å². The molecule has 5 rings (SSSR count). The molecular formula is C27H34F3NO2. The minimum Gasteiger partial charge on any atom is -0.393 e. The number of amides is 1. The standard InChI is InChI=1S/C27H34F3NO2/c1-25-12-10-21-18(20(25)8-9-22(25)32)15-17(24-26(21,2)13-11-23(33)31(24)3)14-16-6-4-5-7-19(16)27(28,29)30/h4-7,11,13,17-18,20-22,24,32H,8-10,12,14-15H2,1-3H3/t17?,18-,20-,21+,22?,24?,25-,26+/m0/s1. The zero-order chi connectivity index (χ0) is 23.8. The summed E-state index contributed by atoms with van der Waals surface area (Å²) in [5.74, 6) is 0.949. The molecule has 1 aromatic rings. The van der Waals surface area contributed by atoms with Crippen LogP contribution in [0.4, 0.5) is 13.2 Å². The first-order valence-electron chi connectivity index (χ1n) is 12.3. The molecule has 6 heteroatoms. The van der Waals surface area contributed by atoms with Crippen molar-refractivity contribution in [3.8, 4) is 0 Å². The summed E-state index contributed by atoms with van der Waals surface area (Å²) < 4.78 is 41.4. The Morgan fingerprint density at radius 1 is 1.12 bits per heavy atom. The topological polar surface area (TPSA) is 40.5 Å². The highest BCUT2D eigenvalue weighted by Gasteiger charge is 2.62. The van der Waals surface area contributed by atoms with Gasteiger partial charge in [0.1, 0.15) is 0 Å². The van der Waals surface area contributed by atoms with Gasteiger partial charge >= 0.3 is 6.18 Å². The second-order valence-corrected chi connectivity index (χ2v) is 11.5. The fourth-order valence-electron chi connectivity index (χ4n) is 8.48. The number of aliphatic hydroxyl groups excluding tert-OH is 1.